The summed E-state index contributed by atoms with van der Waals surface area (Å²) >= 11 is 6.05. The minimum absolute atomic E-state index is 0.0398. The largest absolute Gasteiger partial charge is 0.506 e. The van der Waals surface area contributed by atoms with Crippen LogP contribution in [-0.4, -0.2) is 22.3 Å². The topological polar surface area (TPSA) is 62.6 Å². The summed E-state index contributed by atoms with van der Waals surface area (Å²) in [5, 5.41) is 20.4. The first kappa shape index (κ1) is 15.2. The first-order valence-corrected chi connectivity index (χ1v) is 7.29. The molecule has 4 nitrogen and oxygen atoms in total. The van der Waals surface area contributed by atoms with Crippen LogP contribution >= 0.6 is 11.6 Å². The van der Waals surface area contributed by atoms with E-state index in [1.54, 1.807) is 18.2 Å². The van der Waals surface area contributed by atoms with Crippen molar-refractivity contribution in [1.82, 2.24) is 4.98 Å². The molecule has 1 heterocycles. The number of aromatic nitrogens is 1. The summed E-state index contributed by atoms with van der Waals surface area (Å²) in [4.78, 5) is 4.48. The number of nitrogens with zero attached hydrogens (tertiary/aromatic N) is 1. The molecular formula is C18H14ClNO3. The van der Waals surface area contributed by atoms with E-state index in [0.29, 0.717) is 21.7 Å². The molecule has 0 fully saturated rings. The number of benzene rings is 2. The molecule has 0 atom stereocenters. The quantitative estimate of drug-likeness (QED) is 0.744. The van der Waals surface area contributed by atoms with E-state index in [2.05, 4.69) is 4.98 Å². The fourth-order valence-corrected chi connectivity index (χ4v) is 2.48. The van der Waals surface area contributed by atoms with E-state index in [4.69, 9.17) is 16.3 Å². The number of hydrogen-bond acceptors (Lipinski definition) is 4. The normalized spacial score (nSPS) is 11.2. The van der Waals surface area contributed by atoms with Crippen LogP contribution in [0.3, 0.4) is 0 Å². The molecule has 0 amide bonds. The number of halogens is 1. The second kappa shape index (κ2) is 6.18. The third kappa shape index (κ3) is 3.07. The van der Waals surface area contributed by atoms with E-state index < -0.39 is 0 Å². The van der Waals surface area contributed by atoms with E-state index in [-0.39, 0.29) is 11.5 Å². The summed E-state index contributed by atoms with van der Waals surface area (Å²) in [6.07, 6.45) is 3.68. The summed E-state index contributed by atoms with van der Waals surface area (Å²) in [6, 6.07) is 12.0. The molecule has 3 aromatic rings. The molecule has 0 aliphatic heterocycles. The number of aromatic hydroxyl groups is 2. The van der Waals surface area contributed by atoms with Crippen molar-refractivity contribution in [2.24, 2.45) is 0 Å². The van der Waals surface area contributed by atoms with Crippen molar-refractivity contribution in [3.8, 4) is 17.2 Å². The molecule has 116 valence electrons. The van der Waals surface area contributed by atoms with Gasteiger partial charge in [-0.1, -0.05) is 23.7 Å². The number of fused-ring (bicyclic) bond motifs is 1. The molecule has 2 N–H and O–H groups in total. The van der Waals surface area contributed by atoms with Crippen LogP contribution < -0.4 is 4.74 Å². The van der Waals surface area contributed by atoms with Gasteiger partial charge in [-0.3, -0.25) is 0 Å². The SMILES string of the molecule is COc1ccc(C=Cc2ccc3c(Cl)c(O)ccc3n2)cc1O. The Labute approximate surface area is 138 Å². The highest BCUT2D eigenvalue weighted by Gasteiger charge is 2.05. The third-order valence-corrected chi connectivity index (χ3v) is 3.85. The maximum absolute atomic E-state index is 9.77. The average molecular weight is 328 g/mol. The van der Waals surface area contributed by atoms with Crippen LogP contribution in [0.15, 0.2) is 42.5 Å². The lowest BCUT2D eigenvalue weighted by Gasteiger charge is -2.04. The molecule has 3 rings (SSSR count). The fraction of sp³-hybridized carbons (Fsp3) is 0.0556. The summed E-state index contributed by atoms with van der Waals surface area (Å²) in [5.74, 6) is 0.557. The molecule has 0 saturated heterocycles. The van der Waals surface area contributed by atoms with Gasteiger partial charge < -0.3 is 14.9 Å². The maximum Gasteiger partial charge on any atom is 0.160 e. The van der Waals surface area contributed by atoms with Gasteiger partial charge in [0.05, 0.1) is 23.3 Å². The zero-order chi connectivity index (χ0) is 16.4. The number of ether oxygens (including phenoxy) is 1. The van der Waals surface area contributed by atoms with Crippen molar-refractivity contribution < 1.29 is 14.9 Å². The molecule has 0 saturated carbocycles. The standard InChI is InChI=1S/C18H14ClNO3/c1-23-17-9-3-11(10-16(17)22)2-4-12-5-6-13-14(20-12)7-8-15(21)18(13)19/h2-10,21-22H,1H3. The van der Waals surface area contributed by atoms with Gasteiger partial charge in [-0.2, -0.15) is 0 Å². The molecular weight excluding hydrogens is 314 g/mol. The van der Waals surface area contributed by atoms with Crippen molar-refractivity contribution in [2.75, 3.05) is 7.11 Å². The average Bonchev–Trinajstić information content (AvgIpc) is 2.56. The Morgan fingerprint density at radius 1 is 1.00 bits per heavy atom. The molecule has 0 aliphatic carbocycles. The lowest BCUT2D eigenvalue weighted by Crippen LogP contribution is -1.85. The van der Waals surface area contributed by atoms with Crippen LogP contribution in [-0.2, 0) is 0 Å². The number of pyridine rings is 1. The monoisotopic (exact) mass is 327 g/mol. The van der Waals surface area contributed by atoms with Gasteiger partial charge in [-0.25, -0.2) is 4.98 Å². The fourth-order valence-electron chi connectivity index (χ4n) is 2.26. The molecule has 0 bridgehead atoms. The lowest BCUT2D eigenvalue weighted by molar-refractivity contribution is 0.373. The second-order valence-electron chi connectivity index (χ2n) is 4.97. The maximum atomic E-state index is 9.77. The minimum Gasteiger partial charge on any atom is -0.506 e. The first-order valence-electron chi connectivity index (χ1n) is 6.92. The summed E-state index contributed by atoms with van der Waals surface area (Å²) < 4.78 is 5.01. The van der Waals surface area contributed by atoms with Crippen LogP contribution in [0.2, 0.25) is 5.02 Å². The van der Waals surface area contributed by atoms with Crippen LogP contribution in [0.5, 0.6) is 17.2 Å². The third-order valence-electron chi connectivity index (χ3n) is 3.46. The number of methoxy groups -OCH3 is 1. The molecule has 0 spiro atoms. The van der Waals surface area contributed by atoms with Gasteiger partial charge >= 0.3 is 0 Å². The van der Waals surface area contributed by atoms with E-state index >= 15 is 0 Å². The summed E-state index contributed by atoms with van der Waals surface area (Å²) in [5.41, 5.74) is 2.27. The van der Waals surface area contributed by atoms with Gasteiger partial charge in [0.25, 0.3) is 0 Å². The van der Waals surface area contributed by atoms with Gasteiger partial charge in [-0.05, 0) is 48.0 Å². The van der Waals surface area contributed by atoms with Crippen molar-refractivity contribution in [3.05, 3.63) is 58.7 Å². The Bertz CT molecular complexity index is 906. The molecule has 0 unspecified atom stereocenters. The second-order valence-corrected chi connectivity index (χ2v) is 5.34. The van der Waals surface area contributed by atoms with Crippen molar-refractivity contribution in [1.29, 1.82) is 0 Å². The Hall–Kier alpha value is -2.72. The van der Waals surface area contributed by atoms with Crippen molar-refractivity contribution in [3.63, 3.8) is 0 Å². The smallest absolute Gasteiger partial charge is 0.160 e. The first-order chi connectivity index (χ1) is 11.1. The molecule has 5 heteroatoms. The van der Waals surface area contributed by atoms with Crippen LogP contribution in [0.4, 0.5) is 0 Å². The molecule has 0 radical (unpaired) electrons. The highest BCUT2D eigenvalue weighted by molar-refractivity contribution is 6.36. The number of phenolic OH excluding ortho intramolecular Hbond substituents is 2. The summed E-state index contributed by atoms with van der Waals surface area (Å²) in [7, 11) is 1.51. The van der Waals surface area contributed by atoms with Crippen LogP contribution in [0, 0.1) is 0 Å². The Morgan fingerprint density at radius 2 is 1.83 bits per heavy atom. The Balaban J connectivity index is 1.92. The molecule has 23 heavy (non-hydrogen) atoms. The van der Waals surface area contributed by atoms with Crippen molar-refractivity contribution in [2.45, 2.75) is 0 Å². The summed E-state index contributed by atoms with van der Waals surface area (Å²) in [6.45, 7) is 0. The predicted molar refractivity (Wildman–Crippen MR) is 92.0 cm³/mol. The Morgan fingerprint density at radius 3 is 2.57 bits per heavy atom. The van der Waals surface area contributed by atoms with E-state index in [1.165, 1.54) is 13.2 Å². The van der Waals surface area contributed by atoms with Gasteiger partial charge in [0, 0.05) is 5.39 Å². The number of phenols is 2. The molecule has 2 aromatic carbocycles. The van der Waals surface area contributed by atoms with Gasteiger partial charge in [0.15, 0.2) is 11.5 Å². The van der Waals surface area contributed by atoms with Gasteiger partial charge in [-0.15, -0.1) is 0 Å². The molecule has 0 aliphatic rings. The number of hydrogen-bond donors (Lipinski definition) is 2. The van der Waals surface area contributed by atoms with Crippen molar-refractivity contribution >= 4 is 34.7 Å². The highest BCUT2D eigenvalue weighted by atomic mass is 35.5. The van der Waals surface area contributed by atoms with Crippen LogP contribution in [0.25, 0.3) is 23.1 Å². The van der Waals surface area contributed by atoms with Gasteiger partial charge in [0.1, 0.15) is 5.75 Å². The van der Waals surface area contributed by atoms with E-state index in [0.717, 1.165) is 11.3 Å². The minimum atomic E-state index is 0.0398. The zero-order valence-electron chi connectivity index (χ0n) is 12.3. The zero-order valence-corrected chi connectivity index (χ0v) is 13.1. The Kier molecular flexibility index (Phi) is 4.08. The number of rotatable bonds is 3. The molecule has 1 aromatic heterocycles. The van der Waals surface area contributed by atoms with Crippen LogP contribution in [0.1, 0.15) is 11.3 Å². The van der Waals surface area contributed by atoms with E-state index in [1.807, 2.05) is 30.4 Å². The lowest BCUT2D eigenvalue weighted by atomic mass is 10.1. The van der Waals surface area contributed by atoms with Gasteiger partial charge in [0.2, 0.25) is 0 Å². The predicted octanol–water partition coefficient (Wildman–Crippen LogP) is 4.48. The highest BCUT2D eigenvalue weighted by Crippen LogP contribution is 2.31. The van der Waals surface area contributed by atoms with E-state index in [9.17, 15) is 10.2 Å².